The number of rotatable bonds is 9. The van der Waals surface area contributed by atoms with Gasteiger partial charge in [0.2, 0.25) is 0 Å². The number of aromatic nitrogens is 3. The van der Waals surface area contributed by atoms with Crippen LogP contribution in [0.2, 0.25) is 5.02 Å². The molecule has 36 heavy (non-hydrogen) atoms. The van der Waals surface area contributed by atoms with Crippen LogP contribution < -0.4 is 10.1 Å². The van der Waals surface area contributed by atoms with E-state index in [-0.39, 0.29) is 34.2 Å². The number of nitrogens with zero attached hydrogens (tertiary/aromatic N) is 3. The van der Waals surface area contributed by atoms with Crippen LogP contribution in [0.1, 0.15) is 62.6 Å². The molecule has 0 saturated heterocycles. The molecule has 1 aliphatic rings. The standard InChI is InChI=1S/C24H30ClF5N4O2/c1-4-34-21(19(25)20(33-34)22(35)32-11-15-7-5-13(2)6-8-15)17-12-31-16(9-14(3)24(28,29)30)10-18(17)36-23(26)27/h10,12-15,23H,4-9,11H2,1-3H3,(H,32,35)/t13?,14-,15?/m1/s1. The van der Waals surface area contributed by atoms with Gasteiger partial charge in [0.15, 0.2) is 5.69 Å². The van der Waals surface area contributed by atoms with E-state index in [0.29, 0.717) is 18.4 Å². The lowest BCUT2D eigenvalue weighted by atomic mass is 9.83. The van der Waals surface area contributed by atoms with Gasteiger partial charge in [-0.25, -0.2) is 0 Å². The minimum Gasteiger partial charge on any atom is -0.434 e. The van der Waals surface area contributed by atoms with Crippen LogP contribution in [0.25, 0.3) is 11.3 Å². The lowest BCUT2D eigenvalue weighted by molar-refractivity contribution is -0.169. The lowest BCUT2D eigenvalue weighted by Gasteiger charge is -2.26. The molecule has 6 nitrogen and oxygen atoms in total. The van der Waals surface area contributed by atoms with Gasteiger partial charge in [-0.05, 0) is 31.6 Å². The fraction of sp³-hybridized carbons (Fsp3) is 0.625. The van der Waals surface area contributed by atoms with Crippen molar-refractivity contribution in [2.45, 2.75) is 72.2 Å². The molecular formula is C24H30ClF5N4O2. The predicted molar refractivity (Wildman–Crippen MR) is 125 cm³/mol. The average molecular weight is 537 g/mol. The van der Waals surface area contributed by atoms with Crippen molar-refractivity contribution in [2.75, 3.05) is 6.54 Å². The maximum absolute atomic E-state index is 13.2. The molecule has 1 N–H and O–H groups in total. The van der Waals surface area contributed by atoms with Gasteiger partial charge < -0.3 is 10.1 Å². The minimum absolute atomic E-state index is 0.00150. The Bertz CT molecular complexity index is 1050. The third-order valence-electron chi connectivity index (χ3n) is 6.56. The molecule has 3 rings (SSSR count). The van der Waals surface area contributed by atoms with E-state index < -0.39 is 36.8 Å². The zero-order chi connectivity index (χ0) is 26.6. The minimum atomic E-state index is -4.47. The first-order valence-corrected chi connectivity index (χ1v) is 12.3. The van der Waals surface area contributed by atoms with Gasteiger partial charge in [-0.2, -0.15) is 27.1 Å². The summed E-state index contributed by atoms with van der Waals surface area (Å²) in [7, 11) is 0. The molecule has 1 saturated carbocycles. The molecule has 0 aromatic carbocycles. The number of pyridine rings is 1. The van der Waals surface area contributed by atoms with Gasteiger partial charge in [0.05, 0.1) is 22.2 Å². The first-order valence-electron chi connectivity index (χ1n) is 12.0. The van der Waals surface area contributed by atoms with E-state index in [1.54, 1.807) is 6.92 Å². The summed E-state index contributed by atoms with van der Waals surface area (Å²) < 4.78 is 71.2. The summed E-state index contributed by atoms with van der Waals surface area (Å²) in [4.78, 5) is 16.9. The molecule has 12 heteroatoms. The van der Waals surface area contributed by atoms with Crippen molar-refractivity contribution < 1.29 is 31.5 Å². The molecule has 1 amide bonds. The number of hydrogen-bond acceptors (Lipinski definition) is 4. The smallest absolute Gasteiger partial charge is 0.391 e. The van der Waals surface area contributed by atoms with Crippen molar-refractivity contribution in [1.82, 2.24) is 20.1 Å². The molecule has 0 aliphatic heterocycles. The van der Waals surface area contributed by atoms with Crippen LogP contribution in [0.15, 0.2) is 12.3 Å². The van der Waals surface area contributed by atoms with Gasteiger partial charge in [0, 0.05) is 37.5 Å². The number of ether oxygens (including phenoxy) is 1. The van der Waals surface area contributed by atoms with Crippen LogP contribution in [0.3, 0.4) is 0 Å². The Morgan fingerprint density at radius 1 is 1.28 bits per heavy atom. The first-order chi connectivity index (χ1) is 16.9. The van der Waals surface area contributed by atoms with Crippen LogP contribution in [0, 0.1) is 17.8 Å². The maximum Gasteiger partial charge on any atom is 0.391 e. The summed E-state index contributed by atoms with van der Waals surface area (Å²) in [6, 6.07) is 1.04. The summed E-state index contributed by atoms with van der Waals surface area (Å²) in [5.41, 5.74) is -0.0269. The van der Waals surface area contributed by atoms with Gasteiger partial charge in [-0.15, -0.1) is 0 Å². The summed E-state index contributed by atoms with van der Waals surface area (Å²) in [5, 5.41) is 7.04. The van der Waals surface area contributed by atoms with Gasteiger partial charge >= 0.3 is 12.8 Å². The highest BCUT2D eigenvalue weighted by Gasteiger charge is 2.36. The number of aryl methyl sites for hydroxylation is 1. The van der Waals surface area contributed by atoms with E-state index in [0.717, 1.165) is 44.9 Å². The average Bonchev–Trinajstić information content (AvgIpc) is 3.14. The number of halogens is 6. The molecule has 1 aliphatic carbocycles. The van der Waals surface area contributed by atoms with Crippen LogP contribution in [0.5, 0.6) is 5.75 Å². The summed E-state index contributed by atoms with van der Waals surface area (Å²) in [5.74, 6) is -1.59. The molecule has 2 heterocycles. The van der Waals surface area contributed by atoms with Crippen molar-refractivity contribution in [2.24, 2.45) is 17.8 Å². The highest BCUT2D eigenvalue weighted by molar-refractivity contribution is 6.36. The van der Waals surface area contributed by atoms with Crippen LogP contribution in [-0.2, 0) is 13.0 Å². The second-order valence-corrected chi connectivity index (χ2v) is 9.74. The van der Waals surface area contributed by atoms with Gasteiger partial charge in [-0.3, -0.25) is 14.5 Å². The molecule has 0 spiro atoms. The number of hydrogen-bond donors (Lipinski definition) is 1. The number of amides is 1. The quantitative estimate of drug-likeness (QED) is 0.371. The van der Waals surface area contributed by atoms with Gasteiger partial charge in [0.25, 0.3) is 5.91 Å². The Morgan fingerprint density at radius 2 is 1.94 bits per heavy atom. The number of alkyl halides is 5. The van der Waals surface area contributed by atoms with Gasteiger partial charge in [-0.1, -0.05) is 38.3 Å². The fourth-order valence-electron chi connectivity index (χ4n) is 4.32. The molecule has 0 unspecified atom stereocenters. The normalized spacial score (nSPS) is 19.4. The van der Waals surface area contributed by atoms with Crippen LogP contribution in [-0.4, -0.2) is 40.0 Å². The highest BCUT2D eigenvalue weighted by atomic mass is 35.5. The Labute approximate surface area is 211 Å². The Kier molecular flexibility index (Phi) is 9.18. The Balaban J connectivity index is 1.89. The van der Waals surface area contributed by atoms with E-state index in [1.807, 2.05) is 0 Å². The molecule has 1 atom stereocenters. The van der Waals surface area contributed by atoms with Gasteiger partial charge in [0.1, 0.15) is 5.75 Å². The summed E-state index contributed by atoms with van der Waals surface area (Å²) in [6.07, 6.45) is 0.383. The monoisotopic (exact) mass is 536 g/mol. The predicted octanol–water partition coefficient (Wildman–Crippen LogP) is 6.52. The van der Waals surface area contributed by atoms with Crippen molar-refractivity contribution in [3.8, 4) is 17.0 Å². The first kappa shape index (κ1) is 28.1. The Morgan fingerprint density at radius 3 is 2.53 bits per heavy atom. The SMILES string of the molecule is CCn1nc(C(=O)NCC2CCC(C)CC2)c(Cl)c1-c1cnc(C[C@@H](C)C(F)(F)F)cc1OC(F)F. The van der Waals surface area contributed by atoms with Crippen molar-refractivity contribution in [3.05, 3.63) is 28.7 Å². The van der Waals surface area contributed by atoms with Crippen molar-refractivity contribution in [1.29, 1.82) is 0 Å². The van der Waals surface area contributed by atoms with E-state index >= 15 is 0 Å². The number of carbonyl (C=O) groups excluding carboxylic acids is 1. The van der Waals surface area contributed by atoms with Crippen LogP contribution >= 0.6 is 11.6 Å². The van der Waals surface area contributed by atoms with Crippen molar-refractivity contribution in [3.63, 3.8) is 0 Å². The van der Waals surface area contributed by atoms with E-state index in [4.69, 9.17) is 11.6 Å². The molecule has 2 aromatic rings. The third-order valence-corrected chi connectivity index (χ3v) is 6.92. The zero-order valence-corrected chi connectivity index (χ0v) is 21.1. The highest BCUT2D eigenvalue weighted by Crippen LogP contribution is 2.38. The van der Waals surface area contributed by atoms with E-state index in [1.165, 1.54) is 4.68 Å². The second kappa shape index (κ2) is 11.7. The number of nitrogens with one attached hydrogen (secondary N) is 1. The van der Waals surface area contributed by atoms with Crippen LogP contribution in [0.4, 0.5) is 22.0 Å². The molecule has 1 fully saturated rings. The molecule has 2 aromatic heterocycles. The van der Waals surface area contributed by atoms with Crippen molar-refractivity contribution >= 4 is 17.5 Å². The third kappa shape index (κ3) is 6.86. The second-order valence-electron chi connectivity index (χ2n) is 9.36. The molecule has 200 valence electrons. The van der Waals surface area contributed by atoms with E-state index in [9.17, 15) is 26.7 Å². The molecular weight excluding hydrogens is 507 g/mol. The fourth-order valence-corrected chi connectivity index (χ4v) is 4.64. The summed E-state index contributed by atoms with van der Waals surface area (Å²) >= 11 is 6.51. The topological polar surface area (TPSA) is 69.0 Å². The largest absolute Gasteiger partial charge is 0.434 e. The summed E-state index contributed by atoms with van der Waals surface area (Å²) in [6.45, 7) is 2.38. The van der Waals surface area contributed by atoms with E-state index in [2.05, 4.69) is 27.1 Å². The molecule has 0 radical (unpaired) electrons. The Hall–Kier alpha value is -2.43. The maximum atomic E-state index is 13.2. The zero-order valence-electron chi connectivity index (χ0n) is 20.3. The lowest BCUT2D eigenvalue weighted by Crippen LogP contribution is -2.31. The molecule has 0 bridgehead atoms. The number of carbonyl (C=O) groups is 1.